The first-order valence-electron chi connectivity index (χ1n) is 19.9. The number of aromatic nitrogens is 4. The van der Waals surface area contributed by atoms with Crippen LogP contribution < -0.4 is 16.0 Å². The van der Waals surface area contributed by atoms with Gasteiger partial charge in [-0.2, -0.15) is 5.10 Å². The number of anilines is 1. The number of unbranched alkanes of at least 4 members (excludes halogenated alkanes) is 1. The first-order valence-corrected chi connectivity index (χ1v) is 20.3. The summed E-state index contributed by atoms with van der Waals surface area (Å²) in [5, 5.41) is 14.7. The average Bonchev–Trinajstić information content (AvgIpc) is 3.85. The van der Waals surface area contributed by atoms with E-state index in [1.165, 1.54) is 29.5 Å². The van der Waals surface area contributed by atoms with Crippen LogP contribution in [-0.2, 0) is 29.6 Å². The summed E-state index contributed by atoms with van der Waals surface area (Å²) in [5.74, 6) is 0.0243. The van der Waals surface area contributed by atoms with Crippen molar-refractivity contribution >= 4 is 35.3 Å². The Morgan fingerprint density at radius 1 is 0.944 bits per heavy atom. The summed E-state index contributed by atoms with van der Waals surface area (Å²) >= 11 is 6.58. The number of halogens is 2. The van der Waals surface area contributed by atoms with Gasteiger partial charge in [-0.1, -0.05) is 17.7 Å². The van der Waals surface area contributed by atoms with Crippen molar-refractivity contribution in [2.75, 3.05) is 31.5 Å². The van der Waals surface area contributed by atoms with E-state index < -0.39 is 11.9 Å². The SMILES string of the molecule is Cn1ncc(-c2nc(NC3CCC(NCCCCN4CCC(c5cc6c(cc5F)C(=O)N(C5CCC(=O)NC5=O)C6)CC4)CC3)ncc2Cl)c1CC1CC1. The van der Waals surface area contributed by atoms with Gasteiger partial charge in [0.05, 0.1) is 23.1 Å². The van der Waals surface area contributed by atoms with Gasteiger partial charge in [0, 0.05) is 48.9 Å². The third-order valence-electron chi connectivity index (χ3n) is 12.3. The molecule has 14 heteroatoms. The lowest BCUT2D eigenvalue weighted by Gasteiger charge is -2.32. The second-order valence-electron chi connectivity index (χ2n) is 16.1. The number of nitrogens with one attached hydrogen (secondary N) is 3. The first kappa shape index (κ1) is 37.0. The maximum Gasteiger partial charge on any atom is 0.255 e. The Hall–Kier alpha value is -3.94. The van der Waals surface area contributed by atoms with Crippen LogP contribution in [0.4, 0.5) is 10.3 Å². The molecule has 0 radical (unpaired) electrons. The van der Waals surface area contributed by atoms with Crippen molar-refractivity contribution in [3.8, 4) is 11.3 Å². The van der Waals surface area contributed by atoms with E-state index in [0.29, 0.717) is 40.6 Å². The van der Waals surface area contributed by atoms with E-state index in [1.807, 2.05) is 24.0 Å². The lowest BCUT2D eigenvalue weighted by Crippen LogP contribution is -2.52. The summed E-state index contributed by atoms with van der Waals surface area (Å²) in [5.41, 5.74) is 4.72. The van der Waals surface area contributed by atoms with Gasteiger partial charge in [-0.15, -0.1) is 0 Å². The molecular formula is C40H51ClFN9O3. The lowest BCUT2D eigenvalue weighted by atomic mass is 9.87. The van der Waals surface area contributed by atoms with Crippen LogP contribution in [0.1, 0.15) is 110 Å². The lowest BCUT2D eigenvalue weighted by molar-refractivity contribution is -0.136. The van der Waals surface area contributed by atoms with Crippen LogP contribution in [-0.4, -0.2) is 91.6 Å². The number of carbonyl (C=O) groups is 3. The van der Waals surface area contributed by atoms with Gasteiger partial charge in [-0.05, 0) is 132 Å². The van der Waals surface area contributed by atoms with Crippen molar-refractivity contribution < 1.29 is 18.8 Å². The third-order valence-corrected chi connectivity index (χ3v) is 12.6. The number of nitrogens with zero attached hydrogens (tertiary/aromatic N) is 6. The number of imide groups is 1. The number of piperidine rings is 2. The van der Waals surface area contributed by atoms with Crippen molar-refractivity contribution in [3.63, 3.8) is 0 Å². The maximum atomic E-state index is 15.4. The second-order valence-corrected chi connectivity index (χ2v) is 16.5. The van der Waals surface area contributed by atoms with E-state index in [-0.39, 0.29) is 36.5 Å². The van der Waals surface area contributed by atoms with Crippen molar-refractivity contribution in [3.05, 3.63) is 57.8 Å². The summed E-state index contributed by atoms with van der Waals surface area (Å²) in [6, 6.07) is 3.37. The Bertz CT molecular complexity index is 1880. The van der Waals surface area contributed by atoms with Gasteiger partial charge >= 0.3 is 0 Å². The summed E-state index contributed by atoms with van der Waals surface area (Å²) in [6.45, 7) is 4.17. The summed E-state index contributed by atoms with van der Waals surface area (Å²) in [6.07, 6.45) is 16.0. The molecule has 1 unspecified atom stereocenters. The van der Waals surface area contributed by atoms with Crippen LogP contribution in [0.15, 0.2) is 24.5 Å². The normalized spacial score (nSPS) is 23.9. The van der Waals surface area contributed by atoms with Gasteiger partial charge in [0.2, 0.25) is 17.8 Å². The van der Waals surface area contributed by atoms with E-state index >= 15 is 4.39 Å². The molecule has 288 valence electrons. The topological polar surface area (TPSA) is 137 Å². The fourth-order valence-electron chi connectivity index (χ4n) is 8.90. The molecule has 3 amide bonds. The highest BCUT2D eigenvalue weighted by atomic mass is 35.5. The number of hydrogen-bond donors (Lipinski definition) is 3. The second kappa shape index (κ2) is 16.0. The zero-order valence-electron chi connectivity index (χ0n) is 31.1. The number of aryl methyl sites for hydroxylation is 1. The smallest absolute Gasteiger partial charge is 0.255 e. The van der Waals surface area contributed by atoms with Gasteiger partial charge in [0.15, 0.2) is 0 Å². The number of hydrogen-bond acceptors (Lipinski definition) is 9. The van der Waals surface area contributed by atoms with Crippen molar-refractivity contribution in [2.45, 2.75) is 114 Å². The van der Waals surface area contributed by atoms with Gasteiger partial charge in [0.1, 0.15) is 11.9 Å². The predicted octanol–water partition coefficient (Wildman–Crippen LogP) is 5.36. The molecule has 3 aliphatic heterocycles. The summed E-state index contributed by atoms with van der Waals surface area (Å²) in [4.78, 5) is 50.4. The molecule has 0 spiro atoms. The van der Waals surface area contributed by atoms with E-state index in [0.717, 1.165) is 107 Å². The van der Waals surface area contributed by atoms with E-state index in [1.54, 1.807) is 6.20 Å². The minimum absolute atomic E-state index is 0.108. The molecule has 2 saturated carbocycles. The number of fused-ring (bicyclic) bond motifs is 1. The Balaban J connectivity index is 0.734. The zero-order chi connectivity index (χ0) is 37.3. The Kier molecular flexibility index (Phi) is 11.0. The fourth-order valence-corrected chi connectivity index (χ4v) is 9.10. The average molecular weight is 760 g/mol. The molecule has 3 aromatic rings. The molecule has 1 aromatic carbocycles. The van der Waals surface area contributed by atoms with E-state index in [4.69, 9.17) is 16.6 Å². The molecule has 2 aliphatic carbocycles. The monoisotopic (exact) mass is 759 g/mol. The molecule has 5 aliphatic rings. The van der Waals surface area contributed by atoms with E-state index in [2.05, 4.69) is 30.9 Å². The Morgan fingerprint density at radius 3 is 2.48 bits per heavy atom. The molecule has 2 saturated heterocycles. The van der Waals surface area contributed by atoms with Crippen LogP contribution in [0.25, 0.3) is 11.3 Å². The Labute approximate surface area is 321 Å². The highest BCUT2D eigenvalue weighted by Crippen LogP contribution is 2.38. The third kappa shape index (κ3) is 8.18. The molecule has 8 rings (SSSR count). The summed E-state index contributed by atoms with van der Waals surface area (Å²) < 4.78 is 17.3. The van der Waals surface area contributed by atoms with Crippen LogP contribution in [0, 0.1) is 11.7 Å². The number of rotatable bonds is 13. The fraction of sp³-hybridized carbons (Fsp3) is 0.600. The molecule has 5 heterocycles. The molecule has 2 aromatic heterocycles. The van der Waals surface area contributed by atoms with Gasteiger partial charge < -0.3 is 20.4 Å². The van der Waals surface area contributed by atoms with Gasteiger partial charge in [0.25, 0.3) is 5.91 Å². The molecule has 4 fully saturated rings. The molecule has 12 nitrogen and oxygen atoms in total. The molecule has 54 heavy (non-hydrogen) atoms. The Morgan fingerprint density at radius 2 is 1.72 bits per heavy atom. The summed E-state index contributed by atoms with van der Waals surface area (Å²) in [7, 11) is 1.99. The molecular weight excluding hydrogens is 709 g/mol. The standard InChI is InChI=1S/C40H51ClFN9O3/c1-49-35(18-24-4-5-24)31(21-45-49)37-32(41)22-44-40(48-37)46-28-8-6-27(7-9-28)43-14-2-3-15-50-16-12-25(13-17-50)29-19-26-23-51(39(54)30(26)20-33(29)42)34-10-11-36(52)47-38(34)53/h19-22,24-25,27-28,34,43H,2-18,23H2,1H3,(H,44,46,48)(H,47,52,53). The largest absolute Gasteiger partial charge is 0.351 e. The van der Waals surface area contributed by atoms with Crippen LogP contribution in [0.3, 0.4) is 0 Å². The number of amides is 3. The van der Waals surface area contributed by atoms with Gasteiger partial charge in [-0.25, -0.2) is 14.4 Å². The minimum Gasteiger partial charge on any atom is -0.351 e. The minimum atomic E-state index is -0.695. The van der Waals surface area contributed by atoms with Crippen molar-refractivity contribution in [2.24, 2.45) is 13.0 Å². The number of carbonyl (C=O) groups excluding carboxylic acids is 3. The van der Waals surface area contributed by atoms with Crippen LogP contribution in [0.2, 0.25) is 5.02 Å². The molecule has 3 N–H and O–H groups in total. The highest BCUT2D eigenvalue weighted by molar-refractivity contribution is 6.33. The quantitative estimate of drug-likeness (QED) is 0.156. The van der Waals surface area contributed by atoms with Gasteiger partial charge in [-0.3, -0.25) is 24.4 Å². The van der Waals surface area contributed by atoms with Crippen LogP contribution >= 0.6 is 11.6 Å². The molecule has 1 atom stereocenters. The van der Waals surface area contributed by atoms with E-state index in [9.17, 15) is 14.4 Å². The zero-order valence-corrected chi connectivity index (χ0v) is 31.8. The molecule has 0 bridgehead atoms. The number of benzene rings is 1. The predicted molar refractivity (Wildman–Crippen MR) is 203 cm³/mol. The maximum absolute atomic E-state index is 15.4. The number of likely N-dealkylation sites (tertiary alicyclic amines) is 1. The first-order chi connectivity index (χ1) is 26.2. The van der Waals surface area contributed by atoms with Crippen molar-refractivity contribution in [1.29, 1.82) is 0 Å². The van der Waals surface area contributed by atoms with Crippen molar-refractivity contribution in [1.82, 2.24) is 40.2 Å². The van der Waals surface area contributed by atoms with Crippen LogP contribution in [0.5, 0.6) is 0 Å². The highest BCUT2D eigenvalue weighted by Gasteiger charge is 2.40.